The number of hydrogen-bond acceptors (Lipinski definition) is 3. The fourth-order valence-electron chi connectivity index (χ4n) is 3.05. The summed E-state index contributed by atoms with van der Waals surface area (Å²) in [5.74, 6) is 0.0459. The monoisotopic (exact) mass is 379 g/mol. The smallest absolute Gasteiger partial charge is 0.225 e. The Morgan fingerprint density at radius 1 is 1.20 bits per heavy atom. The van der Waals surface area contributed by atoms with Crippen LogP contribution in [-0.2, 0) is 4.79 Å². The van der Waals surface area contributed by atoms with Crippen molar-refractivity contribution < 1.29 is 4.79 Å². The second-order valence-corrected chi connectivity index (χ2v) is 6.41. The van der Waals surface area contributed by atoms with Gasteiger partial charge in [-0.05, 0) is 29.8 Å². The molecule has 2 N–H and O–H groups in total. The molecule has 0 aromatic heterocycles. The molecule has 0 radical (unpaired) electrons. The zero-order valence-electron chi connectivity index (χ0n) is 14.0. The van der Waals surface area contributed by atoms with Crippen LogP contribution in [0.15, 0.2) is 54.6 Å². The Balaban J connectivity index is 0.00000225. The van der Waals surface area contributed by atoms with E-state index in [4.69, 9.17) is 11.6 Å². The molecular weight excluding hydrogens is 357 g/mol. The van der Waals surface area contributed by atoms with Gasteiger partial charge in [0.25, 0.3) is 0 Å². The third-order valence-corrected chi connectivity index (χ3v) is 4.51. The number of halogens is 2. The summed E-state index contributed by atoms with van der Waals surface area (Å²) in [5.41, 5.74) is 2.03. The molecule has 1 atom stereocenters. The van der Waals surface area contributed by atoms with Gasteiger partial charge in [0, 0.05) is 49.4 Å². The molecule has 0 aliphatic carbocycles. The molecule has 1 saturated heterocycles. The highest BCUT2D eigenvalue weighted by molar-refractivity contribution is 6.30. The van der Waals surface area contributed by atoms with Gasteiger partial charge in [-0.25, -0.2) is 0 Å². The van der Waals surface area contributed by atoms with E-state index in [1.165, 1.54) is 5.56 Å². The Morgan fingerprint density at radius 2 is 2.00 bits per heavy atom. The summed E-state index contributed by atoms with van der Waals surface area (Å²) < 4.78 is 0. The van der Waals surface area contributed by atoms with E-state index in [1.807, 2.05) is 48.5 Å². The van der Waals surface area contributed by atoms with Gasteiger partial charge in [-0.15, -0.1) is 12.4 Å². The number of rotatable bonds is 5. The summed E-state index contributed by atoms with van der Waals surface area (Å²) in [6.45, 7) is 3.48. The summed E-state index contributed by atoms with van der Waals surface area (Å²) in [7, 11) is 0. The summed E-state index contributed by atoms with van der Waals surface area (Å²) in [6, 6.07) is 17.8. The highest BCUT2D eigenvalue weighted by Crippen LogP contribution is 2.24. The predicted molar refractivity (Wildman–Crippen MR) is 106 cm³/mol. The number of nitrogens with one attached hydrogen (secondary N) is 2. The largest absolute Gasteiger partial charge is 0.326 e. The van der Waals surface area contributed by atoms with Crippen LogP contribution < -0.4 is 10.6 Å². The molecule has 3 rings (SSSR count). The van der Waals surface area contributed by atoms with Gasteiger partial charge in [-0.2, -0.15) is 0 Å². The number of piperazine rings is 1. The van der Waals surface area contributed by atoms with E-state index in [9.17, 15) is 4.79 Å². The normalized spacial score (nSPS) is 17.6. The van der Waals surface area contributed by atoms with Gasteiger partial charge in [0.2, 0.25) is 5.91 Å². The van der Waals surface area contributed by atoms with E-state index >= 15 is 0 Å². The van der Waals surface area contributed by atoms with Crippen LogP contribution in [0.5, 0.6) is 0 Å². The second-order valence-electron chi connectivity index (χ2n) is 5.98. The molecule has 1 fully saturated rings. The van der Waals surface area contributed by atoms with Crippen LogP contribution in [0, 0.1) is 0 Å². The van der Waals surface area contributed by atoms with Crippen LogP contribution in [0.1, 0.15) is 18.0 Å². The lowest BCUT2D eigenvalue weighted by atomic mass is 10.0. The standard InChI is InChI=1S/C19H22ClN3O.ClH/c20-16-6-4-5-15(13-16)18-14-21-10-12-23(18)11-9-19(24)22-17-7-2-1-3-8-17;/h1-8,13,18,21H,9-12,14H2,(H,22,24);1H. The van der Waals surface area contributed by atoms with Crippen molar-refractivity contribution in [1.29, 1.82) is 0 Å². The van der Waals surface area contributed by atoms with Crippen molar-refractivity contribution in [3.8, 4) is 0 Å². The maximum absolute atomic E-state index is 12.2. The number of carbonyl (C=O) groups is 1. The zero-order valence-corrected chi connectivity index (χ0v) is 15.5. The van der Waals surface area contributed by atoms with E-state index < -0.39 is 0 Å². The second kappa shape index (κ2) is 9.78. The quantitative estimate of drug-likeness (QED) is 0.831. The van der Waals surface area contributed by atoms with Gasteiger partial charge < -0.3 is 10.6 Å². The minimum atomic E-state index is 0. The Bertz CT molecular complexity index is 681. The van der Waals surface area contributed by atoms with Gasteiger partial charge in [0.1, 0.15) is 0 Å². The molecule has 1 unspecified atom stereocenters. The molecule has 2 aromatic rings. The van der Waals surface area contributed by atoms with E-state index in [0.717, 1.165) is 36.9 Å². The topological polar surface area (TPSA) is 44.4 Å². The van der Waals surface area contributed by atoms with Gasteiger partial charge >= 0.3 is 0 Å². The summed E-state index contributed by atoms with van der Waals surface area (Å²) in [6.07, 6.45) is 0.478. The lowest BCUT2D eigenvalue weighted by molar-refractivity contribution is -0.116. The molecule has 0 saturated carbocycles. The van der Waals surface area contributed by atoms with Crippen molar-refractivity contribution in [2.75, 3.05) is 31.5 Å². The molecule has 1 aliphatic heterocycles. The minimum absolute atomic E-state index is 0. The Hall–Kier alpha value is -1.59. The van der Waals surface area contributed by atoms with Gasteiger partial charge in [0.05, 0.1) is 0 Å². The lowest BCUT2D eigenvalue weighted by Crippen LogP contribution is -2.46. The maximum Gasteiger partial charge on any atom is 0.225 e. The van der Waals surface area contributed by atoms with Crippen LogP contribution in [-0.4, -0.2) is 37.0 Å². The fourth-order valence-corrected chi connectivity index (χ4v) is 3.25. The van der Waals surface area contributed by atoms with Gasteiger partial charge in [-0.3, -0.25) is 9.69 Å². The molecule has 1 heterocycles. The molecule has 0 bridgehead atoms. The number of para-hydroxylation sites is 1. The first-order chi connectivity index (χ1) is 11.7. The third kappa shape index (κ3) is 5.72. The Morgan fingerprint density at radius 3 is 2.76 bits per heavy atom. The van der Waals surface area contributed by atoms with E-state index in [1.54, 1.807) is 0 Å². The number of nitrogens with zero attached hydrogens (tertiary/aromatic N) is 1. The van der Waals surface area contributed by atoms with Crippen LogP contribution in [0.3, 0.4) is 0 Å². The van der Waals surface area contributed by atoms with E-state index in [-0.39, 0.29) is 24.4 Å². The molecule has 25 heavy (non-hydrogen) atoms. The summed E-state index contributed by atoms with van der Waals surface area (Å²) in [4.78, 5) is 14.5. The Labute approximate surface area is 160 Å². The van der Waals surface area contributed by atoms with Crippen molar-refractivity contribution in [2.45, 2.75) is 12.5 Å². The van der Waals surface area contributed by atoms with Crippen molar-refractivity contribution in [3.63, 3.8) is 0 Å². The first-order valence-electron chi connectivity index (χ1n) is 8.27. The number of carbonyl (C=O) groups excluding carboxylic acids is 1. The number of anilines is 1. The highest BCUT2D eigenvalue weighted by atomic mass is 35.5. The van der Waals surface area contributed by atoms with Gasteiger partial charge in [-0.1, -0.05) is 41.9 Å². The van der Waals surface area contributed by atoms with Crippen molar-refractivity contribution in [2.24, 2.45) is 0 Å². The van der Waals surface area contributed by atoms with Crippen molar-refractivity contribution in [1.82, 2.24) is 10.2 Å². The first-order valence-corrected chi connectivity index (χ1v) is 8.65. The number of amides is 1. The highest BCUT2D eigenvalue weighted by Gasteiger charge is 2.24. The molecule has 1 amide bonds. The van der Waals surface area contributed by atoms with Crippen LogP contribution >= 0.6 is 24.0 Å². The SMILES string of the molecule is Cl.O=C(CCN1CCNCC1c1cccc(Cl)c1)Nc1ccccc1. The average molecular weight is 380 g/mol. The van der Waals surface area contributed by atoms with Crippen LogP contribution in [0.2, 0.25) is 5.02 Å². The van der Waals surface area contributed by atoms with Crippen LogP contribution in [0.25, 0.3) is 0 Å². The van der Waals surface area contributed by atoms with Crippen molar-refractivity contribution in [3.05, 3.63) is 65.2 Å². The lowest BCUT2D eigenvalue weighted by Gasteiger charge is -2.36. The molecule has 4 nitrogen and oxygen atoms in total. The molecule has 1 aliphatic rings. The van der Waals surface area contributed by atoms with Crippen molar-refractivity contribution >= 4 is 35.6 Å². The molecule has 134 valence electrons. The molecule has 6 heteroatoms. The molecular formula is C19H23Cl2N3O. The Kier molecular flexibility index (Phi) is 7.72. The molecule has 0 spiro atoms. The summed E-state index contributed by atoms with van der Waals surface area (Å²) in [5, 5.41) is 7.12. The minimum Gasteiger partial charge on any atom is -0.326 e. The van der Waals surface area contributed by atoms with E-state index in [2.05, 4.69) is 21.6 Å². The first kappa shape index (κ1) is 19.7. The zero-order chi connectivity index (χ0) is 16.8. The number of hydrogen-bond donors (Lipinski definition) is 2. The average Bonchev–Trinajstić information content (AvgIpc) is 2.61. The van der Waals surface area contributed by atoms with Gasteiger partial charge in [0.15, 0.2) is 0 Å². The van der Waals surface area contributed by atoms with E-state index in [0.29, 0.717) is 6.42 Å². The number of benzene rings is 2. The predicted octanol–water partition coefficient (Wildman–Crippen LogP) is 3.74. The maximum atomic E-state index is 12.2. The van der Waals surface area contributed by atoms with Crippen LogP contribution in [0.4, 0.5) is 5.69 Å². The third-order valence-electron chi connectivity index (χ3n) is 4.27. The fraction of sp³-hybridized carbons (Fsp3) is 0.316. The summed E-state index contributed by atoms with van der Waals surface area (Å²) >= 11 is 6.13. The molecule has 2 aromatic carbocycles.